The van der Waals surface area contributed by atoms with E-state index in [1.165, 1.54) is 0 Å². The van der Waals surface area contributed by atoms with Gasteiger partial charge in [0.2, 0.25) is 26.6 Å². The first-order valence-electron chi connectivity index (χ1n) is 8.79. The number of anilines is 1. The first kappa shape index (κ1) is 18.0. The molecule has 3 aromatic carbocycles. The van der Waals surface area contributed by atoms with Gasteiger partial charge in [-0.1, -0.05) is 66.7 Å². The Morgan fingerprint density at radius 2 is 1.36 bits per heavy atom. The fourth-order valence-corrected chi connectivity index (χ4v) is 4.09. The zero-order chi connectivity index (χ0) is 19.4. The SMILES string of the molecule is O=S(=O)(c1ccccc1)c1nc(-c2ccccc2)oc1NCc1ccccc1. The molecule has 0 saturated heterocycles. The minimum absolute atomic E-state index is 0.117. The lowest BCUT2D eigenvalue weighted by atomic mass is 10.2. The second kappa shape index (κ2) is 7.70. The average molecular weight is 390 g/mol. The van der Waals surface area contributed by atoms with Gasteiger partial charge in [-0.25, -0.2) is 8.42 Å². The summed E-state index contributed by atoms with van der Waals surface area (Å²) in [5, 5.41) is 2.97. The van der Waals surface area contributed by atoms with E-state index >= 15 is 0 Å². The molecule has 1 N–H and O–H groups in total. The van der Waals surface area contributed by atoms with Crippen molar-refractivity contribution in [1.29, 1.82) is 0 Å². The summed E-state index contributed by atoms with van der Waals surface area (Å²) >= 11 is 0. The van der Waals surface area contributed by atoms with Crippen molar-refractivity contribution in [3.8, 4) is 11.5 Å². The van der Waals surface area contributed by atoms with E-state index in [-0.39, 0.29) is 21.7 Å². The van der Waals surface area contributed by atoms with Gasteiger partial charge in [-0.3, -0.25) is 0 Å². The van der Waals surface area contributed by atoms with Gasteiger partial charge in [0.15, 0.2) is 0 Å². The fourth-order valence-electron chi connectivity index (χ4n) is 2.79. The first-order chi connectivity index (χ1) is 13.6. The summed E-state index contributed by atoms with van der Waals surface area (Å²) in [6, 6.07) is 27.1. The number of benzene rings is 3. The predicted molar refractivity (Wildman–Crippen MR) is 108 cm³/mol. The molecule has 0 spiro atoms. The Labute approximate surface area is 163 Å². The second-order valence-electron chi connectivity index (χ2n) is 6.17. The standard InChI is InChI=1S/C22H18N2O3S/c25-28(26,19-14-8-3-9-15-19)22-21(23-16-17-10-4-1-5-11-17)27-20(24-22)18-12-6-2-7-13-18/h1-15,23H,16H2. The van der Waals surface area contributed by atoms with Crippen LogP contribution in [0.4, 0.5) is 5.88 Å². The van der Waals surface area contributed by atoms with Gasteiger partial charge in [-0.05, 0) is 29.8 Å². The summed E-state index contributed by atoms with van der Waals surface area (Å²) < 4.78 is 32.1. The fraction of sp³-hybridized carbons (Fsp3) is 0.0455. The Bertz CT molecular complexity index is 1160. The normalized spacial score (nSPS) is 11.3. The number of oxazole rings is 1. The predicted octanol–water partition coefficient (Wildman–Crippen LogP) is 4.79. The molecule has 6 heteroatoms. The van der Waals surface area contributed by atoms with Gasteiger partial charge in [-0.2, -0.15) is 4.98 Å². The average Bonchev–Trinajstić information content (AvgIpc) is 3.19. The molecule has 140 valence electrons. The van der Waals surface area contributed by atoms with E-state index in [0.717, 1.165) is 5.56 Å². The number of nitrogens with one attached hydrogen (secondary N) is 1. The van der Waals surface area contributed by atoms with Crippen LogP contribution in [0.5, 0.6) is 0 Å². The van der Waals surface area contributed by atoms with Crippen LogP contribution in [-0.2, 0) is 16.4 Å². The topological polar surface area (TPSA) is 72.2 Å². The minimum Gasteiger partial charge on any atom is -0.419 e. The molecule has 0 bridgehead atoms. The molecule has 0 saturated carbocycles. The number of aromatic nitrogens is 1. The molecule has 5 nitrogen and oxygen atoms in total. The van der Waals surface area contributed by atoms with Gasteiger partial charge in [0, 0.05) is 12.1 Å². The van der Waals surface area contributed by atoms with Gasteiger partial charge >= 0.3 is 0 Å². The van der Waals surface area contributed by atoms with Crippen LogP contribution in [0.25, 0.3) is 11.5 Å². The van der Waals surface area contributed by atoms with Crippen LogP contribution in [-0.4, -0.2) is 13.4 Å². The third-order valence-electron chi connectivity index (χ3n) is 4.22. The van der Waals surface area contributed by atoms with E-state index in [1.54, 1.807) is 30.3 Å². The first-order valence-corrected chi connectivity index (χ1v) is 10.3. The smallest absolute Gasteiger partial charge is 0.234 e. The van der Waals surface area contributed by atoms with Crippen molar-refractivity contribution in [3.05, 3.63) is 96.6 Å². The molecule has 0 amide bonds. The number of hydrogen-bond donors (Lipinski definition) is 1. The van der Waals surface area contributed by atoms with Crippen LogP contribution in [0.2, 0.25) is 0 Å². The number of sulfone groups is 1. The summed E-state index contributed by atoms with van der Waals surface area (Å²) in [5.74, 6) is 0.386. The number of nitrogens with zero attached hydrogens (tertiary/aromatic N) is 1. The van der Waals surface area contributed by atoms with Crippen LogP contribution < -0.4 is 5.32 Å². The Balaban J connectivity index is 1.76. The molecule has 0 atom stereocenters. The van der Waals surface area contributed by atoms with Gasteiger partial charge in [0.05, 0.1) is 4.90 Å². The molecule has 0 radical (unpaired) electrons. The molecular formula is C22H18N2O3S. The lowest BCUT2D eigenvalue weighted by Gasteiger charge is -2.06. The maximum atomic E-state index is 13.1. The van der Waals surface area contributed by atoms with Crippen molar-refractivity contribution in [1.82, 2.24) is 4.98 Å². The van der Waals surface area contributed by atoms with Crippen molar-refractivity contribution in [3.63, 3.8) is 0 Å². The lowest BCUT2D eigenvalue weighted by molar-refractivity contribution is 0.576. The van der Waals surface area contributed by atoms with Crippen LogP contribution in [0, 0.1) is 0 Å². The molecule has 0 aliphatic carbocycles. The highest BCUT2D eigenvalue weighted by Crippen LogP contribution is 2.32. The third kappa shape index (κ3) is 3.68. The van der Waals surface area contributed by atoms with Gasteiger partial charge in [0.1, 0.15) is 0 Å². The van der Waals surface area contributed by atoms with Crippen LogP contribution in [0.15, 0.2) is 105 Å². The van der Waals surface area contributed by atoms with Crippen molar-refractivity contribution in [2.75, 3.05) is 5.32 Å². The largest absolute Gasteiger partial charge is 0.419 e. The highest BCUT2D eigenvalue weighted by molar-refractivity contribution is 7.91. The summed E-state index contributed by atoms with van der Waals surface area (Å²) in [6.45, 7) is 0.418. The van der Waals surface area contributed by atoms with Crippen LogP contribution >= 0.6 is 0 Å². The van der Waals surface area contributed by atoms with Gasteiger partial charge < -0.3 is 9.73 Å². The number of hydrogen-bond acceptors (Lipinski definition) is 5. The molecule has 1 aromatic heterocycles. The molecule has 28 heavy (non-hydrogen) atoms. The Kier molecular flexibility index (Phi) is 4.95. The Morgan fingerprint density at radius 1 is 0.786 bits per heavy atom. The zero-order valence-corrected chi connectivity index (χ0v) is 15.8. The van der Waals surface area contributed by atoms with E-state index in [1.807, 2.05) is 60.7 Å². The Hall–Kier alpha value is -3.38. The number of rotatable bonds is 6. The van der Waals surface area contributed by atoms with Crippen molar-refractivity contribution >= 4 is 15.7 Å². The minimum atomic E-state index is -3.83. The second-order valence-corrected chi connectivity index (χ2v) is 8.04. The summed E-state index contributed by atoms with van der Waals surface area (Å²) in [4.78, 5) is 4.50. The molecule has 0 aliphatic heterocycles. The zero-order valence-electron chi connectivity index (χ0n) is 14.9. The highest BCUT2D eigenvalue weighted by atomic mass is 32.2. The molecule has 1 heterocycles. The van der Waals surface area contributed by atoms with Crippen molar-refractivity contribution in [2.45, 2.75) is 16.5 Å². The maximum Gasteiger partial charge on any atom is 0.234 e. The lowest BCUT2D eigenvalue weighted by Crippen LogP contribution is -2.07. The maximum absolute atomic E-state index is 13.1. The molecule has 0 aliphatic rings. The molecule has 4 aromatic rings. The molecule has 0 unspecified atom stereocenters. The van der Waals surface area contributed by atoms with Crippen LogP contribution in [0.3, 0.4) is 0 Å². The summed E-state index contributed by atoms with van der Waals surface area (Å²) in [7, 11) is -3.83. The van der Waals surface area contributed by atoms with E-state index < -0.39 is 9.84 Å². The third-order valence-corrected chi connectivity index (χ3v) is 5.90. The Morgan fingerprint density at radius 3 is 2.00 bits per heavy atom. The molecule has 0 fully saturated rings. The van der Waals surface area contributed by atoms with Crippen LogP contribution in [0.1, 0.15) is 5.56 Å². The molecule has 4 rings (SSSR count). The van der Waals surface area contributed by atoms with Gasteiger partial charge in [-0.15, -0.1) is 0 Å². The van der Waals surface area contributed by atoms with Crippen molar-refractivity contribution in [2.24, 2.45) is 0 Å². The summed E-state index contributed by atoms with van der Waals surface area (Å²) in [5.41, 5.74) is 1.71. The van der Waals surface area contributed by atoms with Crippen molar-refractivity contribution < 1.29 is 12.8 Å². The summed E-state index contributed by atoms with van der Waals surface area (Å²) in [6.07, 6.45) is 0. The molecular weight excluding hydrogens is 372 g/mol. The van der Waals surface area contributed by atoms with E-state index in [9.17, 15) is 8.42 Å². The highest BCUT2D eigenvalue weighted by Gasteiger charge is 2.28. The monoisotopic (exact) mass is 390 g/mol. The quantitative estimate of drug-likeness (QED) is 0.513. The van der Waals surface area contributed by atoms with Gasteiger partial charge in [0.25, 0.3) is 0 Å². The van der Waals surface area contributed by atoms with E-state index in [0.29, 0.717) is 12.1 Å². The van der Waals surface area contributed by atoms with E-state index in [4.69, 9.17) is 4.42 Å². The van der Waals surface area contributed by atoms with E-state index in [2.05, 4.69) is 10.3 Å².